The van der Waals surface area contributed by atoms with E-state index in [1.54, 1.807) is 25.9 Å². The number of hydrogen-bond donors (Lipinski definition) is 1. The number of sulfonamides is 1. The molecule has 0 aromatic heterocycles. The molecule has 1 N–H and O–H groups in total. The van der Waals surface area contributed by atoms with E-state index >= 15 is 0 Å². The van der Waals surface area contributed by atoms with Crippen LogP contribution in [0.3, 0.4) is 0 Å². The zero-order chi connectivity index (χ0) is 16.7. The van der Waals surface area contributed by atoms with Crippen molar-refractivity contribution < 1.29 is 22.7 Å². The molecule has 122 valence electrons. The second-order valence-electron chi connectivity index (χ2n) is 5.69. The van der Waals surface area contributed by atoms with Crippen molar-refractivity contribution in [3.8, 4) is 0 Å². The van der Waals surface area contributed by atoms with Gasteiger partial charge in [0.25, 0.3) is 0 Å². The summed E-state index contributed by atoms with van der Waals surface area (Å²) in [6.45, 7) is 1.63. The molecule has 1 heterocycles. The summed E-state index contributed by atoms with van der Waals surface area (Å²) in [5.41, 5.74) is 0.388. The van der Waals surface area contributed by atoms with E-state index in [1.165, 1.54) is 12.1 Å². The zero-order valence-electron chi connectivity index (χ0n) is 12.7. The Hall–Kier alpha value is -1.51. The van der Waals surface area contributed by atoms with E-state index in [2.05, 4.69) is 0 Å². The van der Waals surface area contributed by atoms with Crippen LogP contribution in [-0.4, -0.2) is 61.4 Å². The molecule has 0 unspecified atom stereocenters. The molecule has 1 aromatic rings. The lowest BCUT2D eigenvalue weighted by atomic mass is 10.1. The average molecular weight is 330 g/mol. The van der Waals surface area contributed by atoms with Crippen molar-refractivity contribution in [2.24, 2.45) is 0 Å². The highest BCUT2D eigenvalue weighted by Gasteiger charge is 2.45. The molecule has 0 amide bonds. The first-order valence-corrected chi connectivity index (χ1v) is 8.26. The quantitative estimate of drug-likeness (QED) is 0.888. The van der Waals surface area contributed by atoms with Crippen molar-refractivity contribution in [3.63, 3.8) is 0 Å². The smallest absolute Gasteiger partial charge is 0.322 e. The van der Waals surface area contributed by atoms with Crippen LogP contribution in [0.5, 0.6) is 0 Å². The number of nitrogens with zero attached hydrogens (tertiary/aromatic N) is 2. The van der Waals surface area contributed by atoms with E-state index in [4.69, 9.17) is 0 Å². The maximum absolute atomic E-state index is 13.4. The van der Waals surface area contributed by atoms with Crippen molar-refractivity contribution >= 4 is 16.0 Å². The average Bonchev–Trinajstić information content (AvgIpc) is 2.87. The van der Waals surface area contributed by atoms with Crippen molar-refractivity contribution in [1.29, 1.82) is 0 Å². The van der Waals surface area contributed by atoms with Gasteiger partial charge in [0.1, 0.15) is 11.9 Å². The Bertz CT molecular complexity index is 690. The fourth-order valence-electron chi connectivity index (χ4n) is 2.63. The summed E-state index contributed by atoms with van der Waals surface area (Å²) in [5.74, 6) is -1.86. The number of carboxylic acid groups (broad SMARTS) is 1. The standard InChI is InChI=1S/C14H19FN2O4S/c1-9-4-5-10(15)6-13(9)22(20,21)17-8-11(16(2)3)7-12(17)14(18)19/h4-6,11-12H,7-8H2,1-3H3,(H,18,19)/t11-,12+/m1/s1. The van der Waals surface area contributed by atoms with Gasteiger partial charge < -0.3 is 10.0 Å². The molecule has 2 rings (SSSR count). The molecule has 0 bridgehead atoms. The Labute approximate surface area is 129 Å². The summed E-state index contributed by atoms with van der Waals surface area (Å²) >= 11 is 0. The highest BCUT2D eigenvalue weighted by Crippen LogP contribution is 2.30. The van der Waals surface area contributed by atoms with Gasteiger partial charge in [-0.1, -0.05) is 6.07 Å². The van der Waals surface area contributed by atoms with Gasteiger partial charge >= 0.3 is 5.97 Å². The van der Waals surface area contributed by atoms with Crippen LogP contribution in [-0.2, 0) is 14.8 Å². The van der Waals surface area contributed by atoms with Gasteiger partial charge in [0.15, 0.2) is 0 Å². The molecule has 8 heteroatoms. The van der Waals surface area contributed by atoms with Crippen molar-refractivity contribution in [3.05, 3.63) is 29.6 Å². The van der Waals surface area contributed by atoms with Gasteiger partial charge in [-0.25, -0.2) is 12.8 Å². The lowest BCUT2D eigenvalue weighted by Gasteiger charge is -2.22. The fraction of sp³-hybridized carbons (Fsp3) is 0.500. The Kier molecular flexibility index (Phi) is 4.55. The molecule has 1 saturated heterocycles. The highest BCUT2D eigenvalue weighted by molar-refractivity contribution is 7.89. The fourth-order valence-corrected chi connectivity index (χ4v) is 4.50. The molecule has 1 aliphatic rings. The molecule has 2 atom stereocenters. The van der Waals surface area contributed by atoms with Gasteiger partial charge in [-0.3, -0.25) is 4.79 Å². The molecule has 1 aliphatic heterocycles. The molecule has 22 heavy (non-hydrogen) atoms. The van der Waals surface area contributed by atoms with E-state index in [9.17, 15) is 22.7 Å². The third-order valence-corrected chi connectivity index (χ3v) is 6.00. The normalized spacial score (nSPS) is 23.1. The van der Waals surface area contributed by atoms with E-state index in [1.807, 2.05) is 0 Å². The first kappa shape index (κ1) is 16.9. The number of halogens is 1. The van der Waals surface area contributed by atoms with Crippen LogP contribution in [0.4, 0.5) is 4.39 Å². The van der Waals surface area contributed by atoms with Crippen LogP contribution in [0.2, 0.25) is 0 Å². The van der Waals surface area contributed by atoms with Gasteiger partial charge in [-0.2, -0.15) is 4.31 Å². The van der Waals surface area contributed by atoms with Crippen molar-refractivity contribution in [2.45, 2.75) is 30.3 Å². The van der Waals surface area contributed by atoms with E-state index in [-0.39, 0.29) is 23.9 Å². The van der Waals surface area contributed by atoms with Gasteiger partial charge in [-0.15, -0.1) is 0 Å². The number of aliphatic carboxylic acids is 1. The molecule has 1 fully saturated rings. The first-order valence-electron chi connectivity index (χ1n) is 6.82. The van der Waals surface area contributed by atoms with Crippen LogP contribution >= 0.6 is 0 Å². The summed E-state index contributed by atoms with van der Waals surface area (Å²) in [5, 5.41) is 9.32. The highest BCUT2D eigenvalue weighted by atomic mass is 32.2. The van der Waals surface area contributed by atoms with E-state index < -0.39 is 27.9 Å². The summed E-state index contributed by atoms with van der Waals surface area (Å²) in [6, 6.07) is 2.16. The summed E-state index contributed by atoms with van der Waals surface area (Å²) < 4.78 is 39.9. The van der Waals surface area contributed by atoms with Crippen LogP contribution in [0.25, 0.3) is 0 Å². The number of hydrogen-bond acceptors (Lipinski definition) is 4. The van der Waals surface area contributed by atoms with Crippen LogP contribution in [0.1, 0.15) is 12.0 Å². The minimum atomic E-state index is -4.07. The molecule has 0 aliphatic carbocycles. The van der Waals surface area contributed by atoms with Crippen LogP contribution in [0.15, 0.2) is 23.1 Å². The molecule has 6 nitrogen and oxygen atoms in total. The van der Waals surface area contributed by atoms with Crippen molar-refractivity contribution in [1.82, 2.24) is 9.21 Å². The predicted molar refractivity (Wildman–Crippen MR) is 78.5 cm³/mol. The third-order valence-electron chi connectivity index (χ3n) is 3.99. The van der Waals surface area contributed by atoms with Crippen LogP contribution in [0, 0.1) is 12.7 Å². The first-order chi connectivity index (χ1) is 10.1. The largest absolute Gasteiger partial charge is 0.480 e. The second kappa shape index (κ2) is 5.94. The minimum absolute atomic E-state index is 0.0717. The Morgan fingerprint density at radius 2 is 2.05 bits per heavy atom. The number of likely N-dealkylation sites (N-methyl/N-ethyl adjacent to an activating group) is 1. The monoisotopic (exact) mass is 330 g/mol. The van der Waals surface area contributed by atoms with E-state index in [0.29, 0.717) is 5.56 Å². The second-order valence-corrected chi connectivity index (χ2v) is 7.55. The SMILES string of the molecule is Cc1ccc(F)cc1S(=O)(=O)N1C[C@H](N(C)C)C[C@H]1C(=O)O. The van der Waals surface area contributed by atoms with Crippen molar-refractivity contribution in [2.75, 3.05) is 20.6 Å². The molecular formula is C14H19FN2O4S. The van der Waals surface area contributed by atoms with Gasteiger partial charge in [0.05, 0.1) is 4.90 Å². The molecule has 0 radical (unpaired) electrons. The number of aryl methyl sites for hydroxylation is 1. The molecular weight excluding hydrogens is 311 g/mol. The molecule has 0 saturated carbocycles. The van der Waals surface area contributed by atoms with Gasteiger partial charge in [0.2, 0.25) is 10.0 Å². The lowest BCUT2D eigenvalue weighted by Crippen LogP contribution is -2.41. The maximum Gasteiger partial charge on any atom is 0.322 e. The summed E-state index contributed by atoms with van der Waals surface area (Å²) in [4.78, 5) is 13.0. The topological polar surface area (TPSA) is 77.9 Å². The number of rotatable bonds is 4. The predicted octanol–water partition coefficient (Wildman–Crippen LogP) is 0.912. The number of carbonyl (C=O) groups is 1. The lowest BCUT2D eigenvalue weighted by molar-refractivity contribution is -0.140. The molecule has 0 spiro atoms. The third kappa shape index (κ3) is 2.99. The minimum Gasteiger partial charge on any atom is -0.480 e. The molecule has 1 aromatic carbocycles. The summed E-state index contributed by atoms with van der Waals surface area (Å²) in [6.07, 6.45) is 0.204. The maximum atomic E-state index is 13.4. The van der Waals surface area contributed by atoms with Crippen LogP contribution < -0.4 is 0 Å². The Morgan fingerprint density at radius 1 is 1.41 bits per heavy atom. The van der Waals surface area contributed by atoms with Gasteiger partial charge in [-0.05, 0) is 45.1 Å². The number of benzene rings is 1. The Balaban J connectivity index is 2.47. The Morgan fingerprint density at radius 3 is 2.59 bits per heavy atom. The zero-order valence-corrected chi connectivity index (χ0v) is 13.5. The number of carboxylic acids is 1. The van der Waals surface area contributed by atoms with E-state index in [0.717, 1.165) is 10.4 Å². The summed E-state index contributed by atoms with van der Waals surface area (Å²) in [7, 11) is -0.525. The van der Waals surface area contributed by atoms with Gasteiger partial charge in [0, 0.05) is 12.6 Å².